The van der Waals surface area contributed by atoms with Gasteiger partial charge in [-0.05, 0) is 51.4 Å². The normalized spacial score (nSPS) is 13.2. The Morgan fingerprint density at radius 1 is 0.558 bits per heavy atom. The molecule has 0 aliphatic heterocycles. The Kier molecular flexibility index (Phi) is 34.3. The molecule has 0 heterocycles. The quantitative estimate of drug-likeness (QED) is 0.0269. The van der Waals surface area contributed by atoms with Gasteiger partial charge in [-0.3, -0.25) is 9.59 Å². The van der Waals surface area contributed by atoms with Gasteiger partial charge >= 0.3 is 11.9 Å². The Hall–Kier alpha value is -2.19. The molecule has 8 nitrogen and oxygen atoms in total. The first-order valence-electron chi connectivity index (χ1n) is 21.4. The summed E-state index contributed by atoms with van der Waals surface area (Å²) in [6.45, 7) is 4.57. The standard InChI is InChI=1S/C44H81NO7/c1-6-8-10-12-14-16-17-18-19-20-21-22-23-24-25-26-27-29-31-33-35-43(47)52-40(38-50-37-36-41(44(48)49)45(3,4)5)39-51-42(46)34-32-30-28-15-13-11-9-7-2/h21-22,28,30,40-41H,6-20,23-27,29,31-39H2,1-5H3/b22-21+,30-28+. The molecule has 0 aliphatic carbocycles. The second kappa shape index (κ2) is 35.8. The Morgan fingerprint density at radius 2 is 1.00 bits per heavy atom. The van der Waals surface area contributed by atoms with E-state index in [4.69, 9.17) is 14.2 Å². The first-order valence-corrected chi connectivity index (χ1v) is 21.4. The van der Waals surface area contributed by atoms with E-state index in [2.05, 4.69) is 32.1 Å². The highest BCUT2D eigenvalue weighted by Crippen LogP contribution is 2.14. The molecule has 0 saturated carbocycles. The molecule has 0 rings (SSSR count). The van der Waals surface area contributed by atoms with Gasteiger partial charge in [0.25, 0.3) is 0 Å². The number of allylic oxidation sites excluding steroid dienone is 4. The molecule has 0 spiro atoms. The first kappa shape index (κ1) is 49.8. The summed E-state index contributed by atoms with van der Waals surface area (Å²) in [6, 6.07) is -0.727. The molecule has 0 amide bonds. The number of carbonyl (C=O) groups excluding carboxylic acids is 3. The summed E-state index contributed by atoms with van der Waals surface area (Å²) in [5, 5.41) is 11.6. The second-order valence-corrected chi connectivity index (χ2v) is 15.6. The fourth-order valence-electron chi connectivity index (χ4n) is 6.20. The third-order valence-corrected chi connectivity index (χ3v) is 9.57. The number of likely N-dealkylation sites (N-methyl/N-ethyl adjacent to an activating group) is 1. The van der Waals surface area contributed by atoms with Gasteiger partial charge in [-0.2, -0.15) is 0 Å². The number of rotatable bonds is 38. The fraction of sp³-hybridized carbons (Fsp3) is 0.841. The number of nitrogens with zero attached hydrogens (tertiary/aromatic N) is 1. The Morgan fingerprint density at radius 3 is 1.48 bits per heavy atom. The second-order valence-electron chi connectivity index (χ2n) is 15.6. The predicted octanol–water partition coefficient (Wildman–Crippen LogP) is 9.97. The number of carboxylic acids is 1. The van der Waals surface area contributed by atoms with Gasteiger partial charge in [-0.1, -0.05) is 141 Å². The van der Waals surface area contributed by atoms with E-state index in [1.165, 1.54) is 116 Å². The maximum Gasteiger partial charge on any atom is 0.306 e. The van der Waals surface area contributed by atoms with Gasteiger partial charge in [0.1, 0.15) is 12.6 Å². The zero-order valence-electron chi connectivity index (χ0n) is 34.5. The van der Waals surface area contributed by atoms with Crippen molar-refractivity contribution in [3.63, 3.8) is 0 Å². The zero-order chi connectivity index (χ0) is 38.5. The molecule has 0 aliphatic rings. The van der Waals surface area contributed by atoms with E-state index in [1.54, 1.807) is 21.1 Å². The van der Waals surface area contributed by atoms with Crippen LogP contribution in [-0.2, 0) is 28.6 Å². The van der Waals surface area contributed by atoms with Crippen molar-refractivity contribution < 1.29 is 38.2 Å². The molecular weight excluding hydrogens is 654 g/mol. The van der Waals surface area contributed by atoms with Gasteiger partial charge in [-0.25, -0.2) is 0 Å². The summed E-state index contributed by atoms with van der Waals surface area (Å²) in [6.07, 6.45) is 38.0. The molecule has 8 heteroatoms. The van der Waals surface area contributed by atoms with Crippen LogP contribution < -0.4 is 5.11 Å². The molecule has 0 aromatic heterocycles. The lowest BCUT2D eigenvalue weighted by Gasteiger charge is -2.34. The lowest BCUT2D eigenvalue weighted by molar-refractivity contribution is -0.889. The van der Waals surface area contributed by atoms with Gasteiger partial charge in [0.15, 0.2) is 6.10 Å². The maximum atomic E-state index is 12.7. The van der Waals surface area contributed by atoms with Crippen molar-refractivity contribution in [1.82, 2.24) is 0 Å². The number of ether oxygens (including phenoxy) is 3. The van der Waals surface area contributed by atoms with E-state index in [0.29, 0.717) is 12.8 Å². The average molecular weight is 736 g/mol. The number of carbonyl (C=O) groups is 3. The minimum atomic E-state index is -1.13. The highest BCUT2D eigenvalue weighted by Gasteiger charge is 2.25. The number of esters is 2. The van der Waals surface area contributed by atoms with E-state index < -0.39 is 18.1 Å². The average Bonchev–Trinajstić information content (AvgIpc) is 3.09. The molecule has 0 radical (unpaired) electrons. The maximum absolute atomic E-state index is 12.7. The van der Waals surface area contributed by atoms with Crippen LogP contribution in [0.15, 0.2) is 24.3 Å². The third kappa shape index (κ3) is 33.6. The van der Waals surface area contributed by atoms with Crippen molar-refractivity contribution in [2.75, 3.05) is 41.0 Å². The molecule has 0 N–H and O–H groups in total. The number of carboxylic acid groups (broad SMARTS) is 1. The Labute approximate surface area is 320 Å². The molecule has 52 heavy (non-hydrogen) atoms. The van der Waals surface area contributed by atoms with Crippen molar-refractivity contribution in [2.45, 2.75) is 199 Å². The molecule has 0 aromatic carbocycles. The van der Waals surface area contributed by atoms with Crippen LogP contribution in [0.25, 0.3) is 0 Å². The molecule has 0 fully saturated rings. The molecule has 2 atom stereocenters. The van der Waals surface area contributed by atoms with Crippen molar-refractivity contribution in [1.29, 1.82) is 0 Å². The summed E-state index contributed by atoms with van der Waals surface area (Å²) < 4.78 is 17.0. The SMILES string of the molecule is CCCCCC/C=C/CCC(=O)OCC(COCCC(C(=O)[O-])[N+](C)(C)C)OC(=O)CCCCCCCCC/C=C/CCCCCCCCCCC. The Balaban J connectivity index is 4.26. The lowest BCUT2D eigenvalue weighted by Crippen LogP contribution is -2.55. The van der Waals surface area contributed by atoms with Crippen molar-refractivity contribution in [3.8, 4) is 0 Å². The zero-order valence-corrected chi connectivity index (χ0v) is 34.5. The minimum Gasteiger partial charge on any atom is -0.544 e. The number of quaternary nitrogens is 1. The van der Waals surface area contributed by atoms with Crippen LogP contribution in [0.3, 0.4) is 0 Å². The highest BCUT2D eigenvalue weighted by atomic mass is 16.6. The van der Waals surface area contributed by atoms with Crippen LogP contribution in [0.1, 0.15) is 187 Å². The summed E-state index contributed by atoms with van der Waals surface area (Å²) in [7, 11) is 5.39. The van der Waals surface area contributed by atoms with Crippen LogP contribution >= 0.6 is 0 Å². The molecule has 304 valence electrons. The summed E-state index contributed by atoms with van der Waals surface area (Å²) >= 11 is 0. The van der Waals surface area contributed by atoms with E-state index >= 15 is 0 Å². The van der Waals surface area contributed by atoms with Gasteiger partial charge in [0, 0.05) is 19.3 Å². The van der Waals surface area contributed by atoms with Crippen LogP contribution in [0.5, 0.6) is 0 Å². The first-order chi connectivity index (χ1) is 25.1. The molecule has 0 aromatic rings. The topological polar surface area (TPSA) is 102 Å². The minimum absolute atomic E-state index is 0.0298. The van der Waals surface area contributed by atoms with Gasteiger partial charge in [0.2, 0.25) is 0 Å². The van der Waals surface area contributed by atoms with E-state index in [-0.39, 0.29) is 49.1 Å². The van der Waals surface area contributed by atoms with Crippen LogP contribution in [0.2, 0.25) is 0 Å². The smallest absolute Gasteiger partial charge is 0.306 e. The van der Waals surface area contributed by atoms with Gasteiger partial charge < -0.3 is 28.6 Å². The van der Waals surface area contributed by atoms with Crippen LogP contribution in [0, 0.1) is 0 Å². The molecule has 2 unspecified atom stereocenters. The largest absolute Gasteiger partial charge is 0.544 e. The number of hydrogen-bond donors (Lipinski definition) is 0. The summed E-state index contributed by atoms with van der Waals surface area (Å²) in [5.41, 5.74) is 0. The van der Waals surface area contributed by atoms with Gasteiger partial charge in [0.05, 0.1) is 40.3 Å². The van der Waals surface area contributed by atoms with Gasteiger partial charge in [-0.15, -0.1) is 0 Å². The van der Waals surface area contributed by atoms with E-state index in [1.807, 2.05) is 6.08 Å². The summed E-state index contributed by atoms with van der Waals surface area (Å²) in [4.78, 5) is 36.6. The highest BCUT2D eigenvalue weighted by molar-refractivity contribution is 5.70. The van der Waals surface area contributed by atoms with Crippen molar-refractivity contribution in [2.24, 2.45) is 0 Å². The predicted molar refractivity (Wildman–Crippen MR) is 213 cm³/mol. The fourth-order valence-corrected chi connectivity index (χ4v) is 6.20. The van der Waals surface area contributed by atoms with E-state index in [0.717, 1.165) is 32.1 Å². The van der Waals surface area contributed by atoms with E-state index in [9.17, 15) is 19.5 Å². The number of aliphatic carboxylic acids is 1. The molecule has 0 bridgehead atoms. The number of unbranched alkanes of at least 4 members (excludes halogenated alkanes) is 20. The van der Waals surface area contributed by atoms with Crippen molar-refractivity contribution >= 4 is 17.9 Å². The molecule has 0 saturated heterocycles. The monoisotopic (exact) mass is 736 g/mol. The molecular formula is C44H81NO7. The lowest BCUT2D eigenvalue weighted by atomic mass is 10.1. The third-order valence-electron chi connectivity index (χ3n) is 9.57. The van der Waals surface area contributed by atoms with Crippen LogP contribution in [0.4, 0.5) is 0 Å². The van der Waals surface area contributed by atoms with Crippen LogP contribution in [-0.4, -0.2) is 75.5 Å². The Bertz CT molecular complexity index is 911. The van der Waals surface area contributed by atoms with Crippen molar-refractivity contribution in [3.05, 3.63) is 24.3 Å². The number of hydrogen-bond acceptors (Lipinski definition) is 7. The summed E-state index contributed by atoms with van der Waals surface area (Å²) in [5.74, 6) is -1.80.